The van der Waals surface area contributed by atoms with Gasteiger partial charge in [-0.2, -0.15) is 5.10 Å². The van der Waals surface area contributed by atoms with E-state index in [0.717, 1.165) is 30.9 Å². The highest BCUT2D eigenvalue weighted by Crippen LogP contribution is 2.41. The van der Waals surface area contributed by atoms with Crippen molar-refractivity contribution in [2.75, 3.05) is 0 Å². The maximum atomic E-state index is 10.4. The van der Waals surface area contributed by atoms with Gasteiger partial charge in [-0.25, -0.2) is 9.67 Å². The van der Waals surface area contributed by atoms with Crippen LogP contribution in [0.25, 0.3) is 0 Å². The van der Waals surface area contributed by atoms with Gasteiger partial charge in [-0.15, -0.1) is 0 Å². The molecule has 0 aliphatic heterocycles. The highest BCUT2D eigenvalue weighted by molar-refractivity contribution is 4.97. The molecule has 1 aromatic heterocycles. The molecule has 1 saturated carbocycles. The zero-order valence-corrected chi connectivity index (χ0v) is 10.6. The molecule has 1 heterocycles. The van der Waals surface area contributed by atoms with Gasteiger partial charge in [0.05, 0.1) is 12.1 Å². The molecule has 1 aromatic rings. The van der Waals surface area contributed by atoms with Gasteiger partial charge in [-0.3, -0.25) is 0 Å². The van der Waals surface area contributed by atoms with Crippen molar-refractivity contribution in [1.29, 1.82) is 0 Å². The third-order valence-electron chi connectivity index (χ3n) is 3.71. The number of aryl methyl sites for hydroxylation is 2. The topological polar surface area (TPSA) is 50.9 Å². The van der Waals surface area contributed by atoms with Gasteiger partial charge >= 0.3 is 0 Å². The Morgan fingerprint density at radius 2 is 2.06 bits per heavy atom. The number of aliphatic hydroxyl groups excluding tert-OH is 1. The van der Waals surface area contributed by atoms with E-state index in [9.17, 15) is 5.11 Å². The molecule has 1 aliphatic rings. The number of nitrogens with zero attached hydrogens (tertiary/aromatic N) is 3. The standard InChI is InChI=1S/C12H21N3O/c1-8-13-9(2)15(14-8)10-6-5-7-12(3,4)11(10)16/h10-11,16H,5-7H2,1-4H3. The van der Waals surface area contributed by atoms with E-state index in [1.54, 1.807) is 0 Å². The lowest BCUT2D eigenvalue weighted by Crippen LogP contribution is -2.41. The number of rotatable bonds is 1. The van der Waals surface area contributed by atoms with Crippen molar-refractivity contribution in [1.82, 2.24) is 14.8 Å². The van der Waals surface area contributed by atoms with E-state index in [1.165, 1.54) is 0 Å². The summed E-state index contributed by atoms with van der Waals surface area (Å²) in [6.07, 6.45) is 2.89. The Hall–Kier alpha value is -0.900. The monoisotopic (exact) mass is 223 g/mol. The van der Waals surface area contributed by atoms with Crippen LogP contribution in [-0.2, 0) is 0 Å². The van der Waals surface area contributed by atoms with Crippen molar-refractivity contribution in [3.8, 4) is 0 Å². The molecule has 90 valence electrons. The Balaban J connectivity index is 2.30. The summed E-state index contributed by atoms with van der Waals surface area (Å²) in [4.78, 5) is 4.31. The largest absolute Gasteiger partial charge is 0.390 e. The molecule has 4 heteroatoms. The summed E-state index contributed by atoms with van der Waals surface area (Å²) in [6, 6.07) is 0.0879. The fourth-order valence-electron chi connectivity index (χ4n) is 2.70. The molecule has 0 amide bonds. The molecule has 2 atom stereocenters. The Morgan fingerprint density at radius 3 is 2.62 bits per heavy atom. The molecule has 2 rings (SSSR count). The molecule has 0 saturated heterocycles. The van der Waals surface area contributed by atoms with Crippen LogP contribution in [0, 0.1) is 19.3 Å². The molecule has 1 fully saturated rings. The van der Waals surface area contributed by atoms with E-state index in [4.69, 9.17) is 0 Å². The van der Waals surface area contributed by atoms with Gasteiger partial charge in [0.15, 0.2) is 0 Å². The maximum absolute atomic E-state index is 10.4. The summed E-state index contributed by atoms with van der Waals surface area (Å²) < 4.78 is 1.90. The molecule has 0 aromatic carbocycles. The van der Waals surface area contributed by atoms with Gasteiger partial charge in [0, 0.05) is 0 Å². The van der Waals surface area contributed by atoms with Crippen LogP contribution in [-0.4, -0.2) is 26.0 Å². The summed E-state index contributed by atoms with van der Waals surface area (Å²) in [5, 5.41) is 14.8. The maximum Gasteiger partial charge on any atom is 0.147 e. The average molecular weight is 223 g/mol. The smallest absolute Gasteiger partial charge is 0.147 e. The number of hydrogen-bond acceptors (Lipinski definition) is 3. The minimum atomic E-state index is -0.332. The van der Waals surface area contributed by atoms with Crippen molar-refractivity contribution in [3.63, 3.8) is 0 Å². The summed E-state index contributed by atoms with van der Waals surface area (Å²) in [5.41, 5.74) is -0.0186. The van der Waals surface area contributed by atoms with Crippen LogP contribution >= 0.6 is 0 Å². The first-order chi connectivity index (χ1) is 7.42. The van der Waals surface area contributed by atoms with Crippen molar-refractivity contribution < 1.29 is 5.11 Å². The second-order valence-electron chi connectivity index (χ2n) is 5.54. The van der Waals surface area contributed by atoms with E-state index in [0.29, 0.717) is 0 Å². The average Bonchev–Trinajstić information content (AvgIpc) is 2.50. The van der Waals surface area contributed by atoms with Crippen LogP contribution in [0.1, 0.15) is 50.8 Å². The number of aromatic nitrogens is 3. The minimum Gasteiger partial charge on any atom is -0.390 e. The van der Waals surface area contributed by atoms with Crippen molar-refractivity contribution >= 4 is 0 Å². The molecule has 2 unspecified atom stereocenters. The lowest BCUT2D eigenvalue weighted by molar-refractivity contribution is -0.0307. The van der Waals surface area contributed by atoms with Gasteiger partial charge in [0.2, 0.25) is 0 Å². The van der Waals surface area contributed by atoms with E-state index >= 15 is 0 Å². The summed E-state index contributed by atoms with van der Waals surface area (Å²) in [5.74, 6) is 1.69. The van der Waals surface area contributed by atoms with E-state index in [-0.39, 0.29) is 17.6 Å². The minimum absolute atomic E-state index is 0.0186. The van der Waals surface area contributed by atoms with Crippen LogP contribution in [0.4, 0.5) is 0 Å². The lowest BCUT2D eigenvalue weighted by atomic mass is 9.72. The van der Waals surface area contributed by atoms with Crippen LogP contribution in [0.3, 0.4) is 0 Å². The third kappa shape index (κ3) is 1.86. The van der Waals surface area contributed by atoms with Crippen molar-refractivity contribution in [2.24, 2.45) is 5.41 Å². The van der Waals surface area contributed by atoms with Gasteiger partial charge in [0.25, 0.3) is 0 Å². The van der Waals surface area contributed by atoms with E-state index < -0.39 is 0 Å². The predicted molar refractivity (Wildman–Crippen MR) is 62.2 cm³/mol. The normalized spacial score (nSPS) is 29.3. The first-order valence-corrected chi connectivity index (χ1v) is 5.99. The van der Waals surface area contributed by atoms with Gasteiger partial charge in [-0.1, -0.05) is 20.3 Å². The molecule has 0 radical (unpaired) electrons. The summed E-state index contributed by atoms with van der Waals surface area (Å²) in [6.45, 7) is 8.10. The van der Waals surface area contributed by atoms with Crippen LogP contribution in [0.2, 0.25) is 0 Å². The lowest BCUT2D eigenvalue weighted by Gasteiger charge is -2.40. The van der Waals surface area contributed by atoms with Crippen LogP contribution in [0.5, 0.6) is 0 Å². The SMILES string of the molecule is Cc1nc(C)n(C2CCCC(C)(C)C2O)n1. The Labute approximate surface area is 96.7 Å². The molecular formula is C12H21N3O. The van der Waals surface area contributed by atoms with E-state index in [1.807, 2.05) is 18.5 Å². The molecule has 0 spiro atoms. The predicted octanol–water partition coefficient (Wildman–Crippen LogP) is 2.01. The van der Waals surface area contributed by atoms with Crippen molar-refractivity contribution in [2.45, 2.75) is 59.1 Å². The molecule has 16 heavy (non-hydrogen) atoms. The summed E-state index contributed by atoms with van der Waals surface area (Å²) >= 11 is 0. The Morgan fingerprint density at radius 1 is 1.38 bits per heavy atom. The zero-order chi connectivity index (χ0) is 11.9. The first-order valence-electron chi connectivity index (χ1n) is 5.99. The fraction of sp³-hybridized carbons (Fsp3) is 0.833. The second-order valence-corrected chi connectivity index (χ2v) is 5.54. The van der Waals surface area contributed by atoms with Crippen LogP contribution in [0.15, 0.2) is 0 Å². The molecule has 1 N–H and O–H groups in total. The number of hydrogen-bond donors (Lipinski definition) is 1. The molecule has 4 nitrogen and oxygen atoms in total. The summed E-state index contributed by atoms with van der Waals surface area (Å²) in [7, 11) is 0. The van der Waals surface area contributed by atoms with Crippen molar-refractivity contribution in [3.05, 3.63) is 11.6 Å². The molecule has 1 aliphatic carbocycles. The quantitative estimate of drug-likeness (QED) is 0.792. The third-order valence-corrected chi connectivity index (χ3v) is 3.71. The highest BCUT2D eigenvalue weighted by atomic mass is 16.3. The van der Waals surface area contributed by atoms with Gasteiger partial charge in [-0.05, 0) is 32.1 Å². The highest BCUT2D eigenvalue weighted by Gasteiger charge is 2.39. The fourth-order valence-corrected chi connectivity index (χ4v) is 2.70. The molecular weight excluding hydrogens is 202 g/mol. The second kappa shape index (κ2) is 3.84. The first kappa shape index (κ1) is 11.6. The Kier molecular flexibility index (Phi) is 2.78. The van der Waals surface area contributed by atoms with Gasteiger partial charge < -0.3 is 5.11 Å². The van der Waals surface area contributed by atoms with Crippen LogP contribution < -0.4 is 0 Å². The molecule has 0 bridgehead atoms. The zero-order valence-electron chi connectivity index (χ0n) is 10.6. The van der Waals surface area contributed by atoms with E-state index in [2.05, 4.69) is 23.9 Å². The number of aliphatic hydroxyl groups is 1. The van der Waals surface area contributed by atoms with Gasteiger partial charge in [0.1, 0.15) is 11.6 Å². The Bertz CT molecular complexity index is 384.